The summed E-state index contributed by atoms with van der Waals surface area (Å²) in [7, 11) is 0. The zero-order valence-electron chi connectivity index (χ0n) is 15.3. The number of ether oxygens (including phenoxy) is 1. The van der Waals surface area contributed by atoms with Gasteiger partial charge in [-0.3, -0.25) is 9.69 Å². The first-order chi connectivity index (χ1) is 14.0. The van der Waals surface area contributed by atoms with Crippen molar-refractivity contribution >= 4 is 41.5 Å². The van der Waals surface area contributed by atoms with Crippen LogP contribution >= 0.6 is 11.8 Å². The van der Waals surface area contributed by atoms with Crippen molar-refractivity contribution in [3.05, 3.63) is 39.9 Å². The summed E-state index contributed by atoms with van der Waals surface area (Å²) >= 11 is 1.28. The lowest BCUT2D eigenvalue weighted by Crippen LogP contribution is -2.51. The maximum absolute atomic E-state index is 12.3. The van der Waals surface area contributed by atoms with Gasteiger partial charge in [0.2, 0.25) is 5.71 Å². The van der Waals surface area contributed by atoms with Crippen LogP contribution in [0.15, 0.2) is 27.2 Å². The van der Waals surface area contributed by atoms with Crippen LogP contribution in [0.25, 0.3) is 11.8 Å². The summed E-state index contributed by atoms with van der Waals surface area (Å²) in [4.78, 5) is 38.3. The Bertz CT molecular complexity index is 1130. The van der Waals surface area contributed by atoms with Crippen LogP contribution in [0.2, 0.25) is 0 Å². The molecule has 0 radical (unpaired) electrons. The van der Waals surface area contributed by atoms with Gasteiger partial charge < -0.3 is 19.2 Å². The van der Waals surface area contributed by atoms with Gasteiger partial charge in [-0.15, -0.1) is 11.8 Å². The summed E-state index contributed by atoms with van der Waals surface area (Å²) < 4.78 is 12.6. The Kier molecular flexibility index (Phi) is 3.95. The molecule has 2 aromatic heterocycles. The molecule has 0 saturated carbocycles. The molecule has 1 N–H and O–H groups in total. The number of β-lactam (4-membered cyclic amide) rings is 1. The molecule has 10 nitrogen and oxygen atoms in total. The number of hydrogen-bond acceptors (Lipinski definition) is 7. The first kappa shape index (κ1) is 17.9. The first-order valence-electron chi connectivity index (χ1n) is 9.04. The number of nitrogens with zero attached hydrogens (tertiary/aromatic N) is 4. The monoisotopic (exact) mass is 416 g/mol. The van der Waals surface area contributed by atoms with Crippen LogP contribution in [0, 0.1) is 0 Å². The number of thioether (sulfide) groups is 1. The van der Waals surface area contributed by atoms with Crippen LogP contribution in [0.3, 0.4) is 0 Å². The maximum atomic E-state index is 12.3. The van der Waals surface area contributed by atoms with E-state index in [-0.39, 0.29) is 23.1 Å². The van der Waals surface area contributed by atoms with Gasteiger partial charge in [-0.25, -0.2) is 14.1 Å². The van der Waals surface area contributed by atoms with E-state index < -0.39 is 5.97 Å². The van der Waals surface area contributed by atoms with Crippen molar-refractivity contribution in [3.8, 4) is 0 Å². The maximum Gasteiger partial charge on any atom is 0.410 e. The summed E-state index contributed by atoms with van der Waals surface area (Å²) in [5, 5.41) is 14.8. The SMILES string of the molecule is CCOC(=O)N1CCc2c(oc3cc(C=C4C(=O)N5C(C(=O)O)=CS[C@H]45)nn23)C1. The molecule has 11 heteroatoms. The van der Waals surface area contributed by atoms with Crippen molar-refractivity contribution in [3.63, 3.8) is 0 Å². The van der Waals surface area contributed by atoms with Gasteiger partial charge in [0.1, 0.15) is 16.8 Å². The van der Waals surface area contributed by atoms with Gasteiger partial charge in [-0.1, -0.05) is 0 Å². The van der Waals surface area contributed by atoms with Gasteiger partial charge in [0.25, 0.3) is 5.91 Å². The Labute approximate surface area is 168 Å². The number of hydrogen-bond donors (Lipinski definition) is 1. The quantitative estimate of drug-likeness (QED) is 0.593. The lowest BCUT2D eigenvalue weighted by molar-refractivity contribution is -0.141. The van der Waals surface area contributed by atoms with E-state index in [1.807, 2.05) is 0 Å². The highest BCUT2D eigenvalue weighted by atomic mass is 32.2. The molecule has 2 aromatic rings. The number of fused-ring (bicyclic) bond motifs is 4. The second-order valence-electron chi connectivity index (χ2n) is 6.73. The minimum atomic E-state index is -1.12. The molecule has 3 aliphatic heterocycles. The fourth-order valence-electron chi connectivity index (χ4n) is 3.68. The number of oxazole rings is 1. The summed E-state index contributed by atoms with van der Waals surface area (Å²) in [6, 6.07) is 1.72. The number of carbonyl (C=O) groups is 3. The highest BCUT2D eigenvalue weighted by Gasteiger charge is 2.49. The molecule has 1 atom stereocenters. The van der Waals surface area contributed by atoms with E-state index in [2.05, 4.69) is 5.10 Å². The molecule has 5 heterocycles. The van der Waals surface area contributed by atoms with E-state index in [0.29, 0.717) is 48.9 Å². The smallest absolute Gasteiger partial charge is 0.410 e. The third kappa shape index (κ3) is 2.64. The van der Waals surface area contributed by atoms with Crippen LogP contribution in [0.1, 0.15) is 24.1 Å². The third-order valence-corrected chi connectivity index (χ3v) is 6.12. The number of carboxylic acids is 1. The zero-order valence-corrected chi connectivity index (χ0v) is 16.1. The molecule has 1 saturated heterocycles. The van der Waals surface area contributed by atoms with E-state index >= 15 is 0 Å². The van der Waals surface area contributed by atoms with Crippen molar-refractivity contribution in [2.45, 2.75) is 25.3 Å². The Morgan fingerprint density at radius 3 is 3.07 bits per heavy atom. The van der Waals surface area contributed by atoms with Crippen molar-refractivity contribution in [1.82, 2.24) is 19.4 Å². The van der Waals surface area contributed by atoms with Crippen LogP contribution in [-0.4, -0.2) is 61.0 Å². The molecule has 1 fully saturated rings. The van der Waals surface area contributed by atoms with E-state index in [9.17, 15) is 14.4 Å². The summed E-state index contributed by atoms with van der Waals surface area (Å²) in [6.07, 6.45) is 1.88. The van der Waals surface area contributed by atoms with Gasteiger partial charge >= 0.3 is 12.1 Å². The third-order valence-electron chi connectivity index (χ3n) is 5.04. The number of aliphatic carboxylic acids is 1. The van der Waals surface area contributed by atoms with Crippen molar-refractivity contribution < 1.29 is 28.6 Å². The molecule has 0 aliphatic carbocycles. The summed E-state index contributed by atoms with van der Waals surface area (Å²) in [5.74, 6) is -0.778. The standard InChI is InChI=1S/C18H16N4O6S/c1-2-27-18(26)20-4-3-11-13(7-20)28-14-6-9(19-22(11)14)5-10-15(23)21-12(17(24)25)8-29-16(10)21/h5-6,8,16H,2-4,7H2,1H3,(H,24,25)/t16-/m1/s1. The minimum absolute atomic E-state index is 0.000903. The molecule has 0 spiro atoms. The van der Waals surface area contributed by atoms with Crippen LogP contribution < -0.4 is 0 Å². The highest BCUT2D eigenvalue weighted by molar-refractivity contribution is 8.03. The molecular formula is C18H16N4O6S. The Balaban J connectivity index is 1.38. The fourth-order valence-corrected chi connectivity index (χ4v) is 4.80. The Hall–Kier alpha value is -3.21. The molecule has 2 amide bonds. The highest BCUT2D eigenvalue weighted by Crippen LogP contribution is 2.45. The van der Waals surface area contributed by atoms with Crippen molar-refractivity contribution in [2.24, 2.45) is 0 Å². The first-order valence-corrected chi connectivity index (χ1v) is 9.98. The average molecular weight is 416 g/mol. The van der Waals surface area contributed by atoms with E-state index in [4.69, 9.17) is 14.3 Å². The Morgan fingerprint density at radius 1 is 1.48 bits per heavy atom. The predicted octanol–water partition coefficient (Wildman–Crippen LogP) is 1.67. The molecule has 0 aromatic carbocycles. The number of aromatic nitrogens is 2. The van der Waals surface area contributed by atoms with Crippen molar-refractivity contribution in [2.75, 3.05) is 13.2 Å². The van der Waals surface area contributed by atoms with E-state index in [0.717, 1.165) is 5.69 Å². The van der Waals surface area contributed by atoms with Gasteiger partial charge in [-0.05, 0) is 13.0 Å². The minimum Gasteiger partial charge on any atom is -0.477 e. The molecular weight excluding hydrogens is 400 g/mol. The molecule has 3 aliphatic rings. The van der Waals surface area contributed by atoms with Crippen LogP contribution in [-0.2, 0) is 27.3 Å². The number of rotatable bonds is 3. The molecule has 29 heavy (non-hydrogen) atoms. The van der Waals surface area contributed by atoms with Gasteiger partial charge in [-0.2, -0.15) is 5.10 Å². The van der Waals surface area contributed by atoms with Gasteiger partial charge in [0.15, 0.2) is 0 Å². The second-order valence-corrected chi connectivity index (χ2v) is 7.69. The number of amides is 2. The largest absolute Gasteiger partial charge is 0.477 e. The van der Waals surface area contributed by atoms with Crippen molar-refractivity contribution in [1.29, 1.82) is 0 Å². The summed E-state index contributed by atoms with van der Waals surface area (Å²) in [6.45, 7) is 2.91. The van der Waals surface area contributed by atoms with Gasteiger partial charge in [0, 0.05) is 24.4 Å². The zero-order chi connectivity index (χ0) is 20.3. The topological polar surface area (TPSA) is 118 Å². The normalized spacial score (nSPS) is 21.8. The molecule has 5 rings (SSSR count). The average Bonchev–Trinajstić information content (AvgIpc) is 3.36. The van der Waals surface area contributed by atoms with E-state index in [1.54, 1.807) is 28.5 Å². The molecule has 0 unspecified atom stereocenters. The lowest BCUT2D eigenvalue weighted by atomic mass is 10.0. The number of carboxylic acid groups (broad SMARTS) is 1. The predicted molar refractivity (Wildman–Crippen MR) is 101 cm³/mol. The molecule has 0 bridgehead atoms. The molecule has 150 valence electrons. The summed E-state index contributed by atoms with van der Waals surface area (Å²) in [5.41, 5.74) is 2.48. The van der Waals surface area contributed by atoms with Crippen LogP contribution in [0.4, 0.5) is 4.79 Å². The second kappa shape index (κ2) is 6.41. The number of carbonyl (C=O) groups excluding carboxylic acids is 2. The van der Waals surface area contributed by atoms with Gasteiger partial charge in [0.05, 0.1) is 30.1 Å². The Morgan fingerprint density at radius 2 is 2.31 bits per heavy atom. The fraction of sp³-hybridized carbons (Fsp3) is 0.333. The lowest BCUT2D eigenvalue weighted by Gasteiger charge is -2.36. The van der Waals surface area contributed by atoms with E-state index in [1.165, 1.54) is 22.1 Å². The van der Waals surface area contributed by atoms with Crippen LogP contribution in [0.5, 0.6) is 0 Å².